The summed E-state index contributed by atoms with van der Waals surface area (Å²) in [5, 5.41) is 124. The first kappa shape index (κ1) is 37.2. The molecule has 0 radical (unpaired) electrons. The summed E-state index contributed by atoms with van der Waals surface area (Å²) in [4.78, 5) is 35.2. The van der Waals surface area contributed by atoms with Crippen LogP contribution < -0.4 is 5.32 Å². The molecule has 250 valence electrons. The van der Waals surface area contributed by atoms with Gasteiger partial charge in [0, 0.05) is 13.3 Å². The van der Waals surface area contributed by atoms with Crippen molar-refractivity contribution in [3.8, 4) is 0 Å². The topological polar surface area (TPSA) is 343 Å². The standard InChI is InChI=1S/C23H39NO19/c1-7(29)24-13-8(30)2-23(22(38)39,42-19(13)15(35)10(32)4-26)43-20-16(36)12(6-28)40-21(17(20)37)41-18(11(33)5-27)14(34)9(31)3-25/h3,8-21,26-28,30-37H,2,4-6H2,1H3,(H,24,29)(H,38,39)/t8-,9-,10+,11+,12+,13?,14+,15+,16-,17+,18+,19+,20-,21-,23-/m0/s1. The van der Waals surface area contributed by atoms with E-state index >= 15 is 0 Å². The van der Waals surface area contributed by atoms with E-state index in [4.69, 9.17) is 18.9 Å². The zero-order chi connectivity index (χ0) is 32.8. The summed E-state index contributed by atoms with van der Waals surface area (Å²) in [6.45, 7) is -2.18. The summed E-state index contributed by atoms with van der Waals surface area (Å²) < 4.78 is 21.5. The molecule has 2 heterocycles. The molecule has 0 bridgehead atoms. The van der Waals surface area contributed by atoms with Crippen molar-refractivity contribution in [2.45, 2.75) is 105 Å². The van der Waals surface area contributed by atoms with E-state index in [0.29, 0.717) is 0 Å². The van der Waals surface area contributed by atoms with Gasteiger partial charge in [0.2, 0.25) is 5.91 Å². The van der Waals surface area contributed by atoms with Crippen molar-refractivity contribution in [2.75, 3.05) is 19.8 Å². The molecule has 0 aromatic carbocycles. The van der Waals surface area contributed by atoms with Gasteiger partial charge in [0.15, 0.2) is 12.6 Å². The van der Waals surface area contributed by atoms with Crippen LogP contribution in [0.3, 0.4) is 0 Å². The Bertz CT molecular complexity index is 927. The lowest BCUT2D eigenvalue weighted by Crippen LogP contribution is -2.70. The Kier molecular flexibility index (Phi) is 13.7. The molecule has 13 N–H and O–H groups in total. The number of nitrogens with one attached hydrogen (secondary N) is 1. The van der Waals surface area contributed by atoms with Gasteiger partial charge in [-0.25, -0.2) is 4.79 Å². The number of carboxylic acids is 1. The smallest absolute Gasteiger partial charge is 0.364 e. The average molecular weight is 634 g/mol. The Hall–Kier alpha value is -1.99. The van der Waals surface area contributed by atoms with Crippen molar-refractivity contribution in [2.24, 2.45) is 0 Å². The van der Waals surface area contributed by atoms with Gasteiger partial charge in [0.1, 0.15) is 67.1 Å². The lowest BCUT2D eigenvalue weighted by molar-refractivity contribution is -0.377. The van der Waals surface area contributed by atoms with E-state index < -0.39 is 129 Å². The van der Waals surface area contributed by atoms with E-state index in [1.807, 2.05) is 0 Å². The third-order valence-corrected chi connectivity index (χ3v) is 7.02. The molecule has 2 aliphatic rings. The normalized spacial score (nSPS) is 37.4. The highest BCUT2D eigenvalue weighted by Crippen LogP contribution is 2.37. The first-order valence-electron chi connectivity index (χ1n) is 13.0. The highest BCUT2D eigenvalue weighted by Gasteiger charge is 2.59. The molecular weight excluding hydrogens is 594 g/mol. The Balaban J connectivity index is 2.49. The third kappa shape index (κ3) is 8.39. The summed E-state index contributed by atoms with van der Waals surface area (Å²) in [6, 6.07) is -1.57. The van der Waals surface area contributed by atoms with Crippen LogP contribution in [0, 0.1) is 0 Å². The van der Waals surface area contributed by atoms with E-state index in [0.717, 1.165) is 6.92 Å². The van der Waals surface area contributed by atoms with E-state index in [-0.39, 0.29) is 6.29 Å². The van der Waals surface area contributed by atoms with Crippen molar-refractivity contribution in [3.05, 3.63) is 0 Å². The van der Waals surface area contributed by atoms with E-state index in [1.54, 1.807) is 0 Å². The second-order valence-electron chi connectivity index (χ2n) is 10.1. The molecule has 0 aromatic heterocycles. The minimum absolute atomic E-state index is 0.134. The predicted octanol–water partition coefficient (Wildman–Crippen LogP) is -8.38. The van der Waals surface area contributed by atoms with Gasteiger partial charge in [-0.1, -0.05) is 0 Å². The molecule has 2 rings (SSSR count). The summed E-state index contributed by atoms with van der Waals surface area (Å²) in [5.41, 5.74) is 0. The predicted molar refractivity (Wildman–Crippen MR) is 131 cm³/mol. The van der Waals surface area contributed by atoms with Crippen LogP contribution in [0.5, 0.6) is 0 Å². The monoisotopic (exact) mass is 633 g/mol. The van der Waals surface area contributed by atoms with E-state index in [1.165, 1.54) is 0 Å². The van der Waals surface area contributed by atoms with Crippen molar-refractivity contribution >= 4 is 18.2 Å². The number of amides is 1. The number of ether oxygens (including phenoxy) is 4. The molecule has 1 unspecified atom stereocenters. The number of hydrogen-bond donors (Lipinski definition) is 13. The van der Waals surface area contributed by atoms with Gasteiger partial charge in [0.25, 0.3) is 5.79 Å². The van der Waals surface area contributed by atoms with Crippen LogP contribution in [-0.4, -0.2) is 191 Å². The van der Waals surface area contributed by atoms with Crippen LogP contribution in [0.4, 0.5) is 0 Å². The van der Waals surface area contributed by atoms with Crippen LogP contribution >= 0.6 is 0 Å². The summed E-state index contributed by atoms with van der Waals surface area (Å²) in [5.74, 6) is -5.85. The highest BCUT2D eigenvalue weighted by atomic mass is 16.8. The van der Waals surface area contributed by atoms with Crippen molar-refractivity contribution in [1.29, 1.82) is 0 Å². The molecule has 0 saturated carbocycles. The molecule has 20 heteroatoms. The Labute approximate surface area is 243 Å². The first-order chi connectivity index (χ1) is 20.1. The van der Waals surface area contributed by atoms with Gasteiger partial charge in [-0.2, -0.15) is 0 Å². The molecule has 2 saturated heterocycles. The summed E-state index contributed by atoms with van der Waals surface area (Å²) in [6.07, 6.45) is -28.0. The fourth-order valence-electron chi connectivity index (χ4n) is 4.71. The molecule has 0 aromatic rings. The number of hydrogen-bond acceptors (Lipinski definition) is 18. The van der Waals surface area contributed by atoms with Crippen molar-refractivity contribution < 1.29 is 94.6 Å². The largest absolute Gasteiger partial charge is 0.477 e. The number of rotatable bonds is 15. The minimum Gasteiger partial charge on any atom is -0.477 e. The molecule has 0 aliphatic carbocycles. The lowest BCUT2D eigenvalue weighted by atomic mass is 9.88. The first-order valence-corrected chi connectivity index (χ1v) is 13.0. The minimum atomic E-state index is -3.07. The molecular formula is C23H39NO19. The fourth-order valence-corrected chi connectivity index (χ4v) is 4.71. The molecule has 0 spiro atoms. The maximum Gasteiger partial charge on any atom is 0.364 e. The van der Waals surface area contributed by atoms with Gasteiger partial charge in [-0.15, -0.1) is 0 Å². The SMILES string of the molecule is CC(=O)NC1[C@H]([C@H](O)[C@H](O)CO)O[C@@](O[C@H]2[C@@H](O)[C@@H](CO)O[C@@H](O[C@@H]([C@H](O)[C@@H](O)C=O)[C@H](O)CO)[C@@H]2O)(C(=O)O)C[C@@H]1O. The summed E-state index contributed by atoms with van der Waals surface area (Å²) in [7, 11) is 0. The Morgan fingerprint density at radius 2 is 1.63 bits per heavy atom. The number of aldehydes is 1. The lowest BCUT2D eigenvalue weighted by Gasteiger charge is -2.50. The number of aliphatic hydroxyl groups is 11. The quantitative estimate of drug-likeness (QED) is 0.0744. The van der Waals surface area contributed by atoms with E-state index in [9.17, 15) is 75.7 Å². The molecule has 1 amide bonds. The maximum atomic E-state index is 12.5. The molecule has 43 heavy (non-hydrogen) atoms. The van der Waals surface area contributed by atoms with Crippen LogP contribution in [0.2, 0.25) is 0 Å². The Morgan fingerprint density at radius 1 is 1.02 bits per heavy atom. The highest BCUT2D eigenvalue weighted by molar-refractivity contribution is 5.76. The van der Waals surface area contributed by atoms with Gasteiger partial charge in [0.05, 0.1) is 32.0 Å². The zero-order valence-corrected chi connectivity index (χ0v) is 22.7. The Morgan fingerprint density at radius 3 is 2.12 bits per heavy atom. The number of carbonyl (C=O) groups excluding carboxylic acids is 2. The zero-order valence-electron chi connectivity index (χ0n) is 22.7. The molecule has 2 fully saturated rings. The summed E-state index contributed by atoms with van der Waals surface area (Å²) >= 11 is 0. The van der Waals surface area contributed by atoms with Crippen LogP contribution in [0.25, 0.3) is 0 Å². The van der Waals surface area contributed by atoms with Gasteiger partial charge in [-0.3, -0.25) is 4.79 Å². The van der Waals surface area contributed by atoms with Crippen LogP contribution in [0.15, 0.2) is 0 Å². The molecule has 20 nitrogen and oxygen atoms in total. The van der Waals surface area contributed by atoms with Crippen molar-refractivity contribution in [1.82, 2.24) is 5.32 Å². The second kappa shape index (κ2) is 15.8. The third-order valence-electron chi connectivity index (χ3n) is 7.02. The molecule has 15 atom stereocenters. The fraction of sp³-hybridized carbons (Fsp3) is 0.870. The number of aliphatic hydroxyl groups excluding tert-OH is 11. The van der Waals surface area contributed by atoms with E-state index in [2.05, 4.69) is 5.32 Å². The van der Waals surface area contributed by atoms with Crippen LogP contribution in [-0.2, 0) is 33.3 Å². The molecule has 2 aliphatic heterocycles. The van der Waals surface area contributed by atoms with Gasteiger partial charge >= 0.3 is 5.97 Å². The second-order valence-corrected chi connectivity index (χ2v) is 10.1. The number of carbonyl (C=O) groups is 3. The van der Waals surface area contributed by atoms with Crippen molar-refractivity contribution in [3.63, 3.8) is 0 Å². The number of carboxylic acid groups (broad SMARTS) is 1. The average Bonchev–Trinajstić information content (AvgIpc) is 2.97. The maximum absolute atomic E-state index is 12.5. The number of aliphatic carboxylic acids is 1. The van der Waals surface area contributed by atoms with Gasteiger partial charge in [-0.05, 0) is 0 Å². The van der Waals surface area contributed by atoms with Gasteiger partial charge < -0.3 is 90.3 Å². The van der Waals surface area contributed by atoms with Crippen LogP contribution in [0.1, 0.15) is 13.3 Å².